The summed E-state index contributed by atoms with van der Waals surface area (Å²) in [4.78, 5) is 2.42. The third-order valence-electron chi connectivity index (χ3n) is 10.5. The maximum atomic E-state index is 2.42. The number of fused-ring (bicyclic) bond motifs is 4. The van der Waals surface area contributed by atoms with E-state index in [9.17, 15) is 0 Å². The average Bonchev–Trinajstić information content (AvgIpc) is 3.65. The third-order valence-corrected chi connectivity index (χ3v) is 11.8. The summed E-state index contributed by atoms with van der Waals surface area (Å²) in [6.07, 6.45) is 0. The van der Waals surface area contributed by atoms with Crippen LogP contribution in [0.4, 0.5) is 17.1 Å². The molecule has 0 amide bonds. The van der Waals surface area contributed by atoms with E-state index in [2.05, 4.69) is 217 Å². The molecule has 1 nitrogen and oxygen atoms in total. The zero-order valence-corrected chi connectivity index (χ0v) is 30.4. The first-order chi connectivity index (χ1) is 26.8. The lowest BCUT2D eigenvalue weighted by Crippen LogP contribution is -2.10. The van der Waals surface area contributed by atoms with Crippen molar-refractivity contribution >= 4 is 59.3 Å². The van der Waals surface area contributed by atoms with E-state index in [1.807, 2.05) is 11.3 Å². The fraction of sp³-hybridized carbons (Fsp3) is 0. The summed E-state index contributed by atoms with van der Waals surface area (Å²) in [5.41, 5.74) is 13.2. The standard InChI is InChI=1S/C52H35NS/c1-4-13-36(14-5-1)37-25-30-43(31-26-37)53(50-24-12-23-49-48-22-11-21-47(51(48)54-52(49)50)40-17-8-3-9-18-40)44-32-27-38(28-33-44)41-29-34-46-42(35-41)19-10-20-45(46)39-15-6-2-7-16-39/h1-35H. The number of benzene rings is 9. The molecule has 10 rings (SSSR count). The molecule has 54 heavy (non-hydrogen) atoms. The molecule has 10 aromatic rings. The zero-order chi connectivity index (χ0) is 35.8. The first-order valence-electron chi connectivity index (χ1n) is 18.4. The van der Waals surface area contributed by atoms with Gasteiger partial charge in [-0.05, 0) is 91.7 Å². The Kier molecular flexibility index (Phi) is 8.09. The van der Waals surface area contributed by atoms with E-state index in [0.717, 1.165) is 11.4 Å². The van der Waals surface area contributed by atoms with E-state index in [0.29, 0.717) is 0 Å². The van der Waals surface area contributed by atoms with Crippen LogP contribution in [-0.2, 0) is 0 Å². The highest BCUT2D eigenvalue weighted by Gasteiger charge is 2.20. The second-order valence-corrected chi connectivity index (χ2v) is 14.7. The fourth-order valence-corrected chi connectivity index (χ4v) is 9.16. The third kappa shape index (κ3) is 5.74. The molecule has 0 aliphatic rings. The predicted octanol–water partition coefficient (Wildman–Crippen LogP) is 15.3. The van der Waals surface area contributed by atoms with E-state index in [4.69, 9.17) is 0 Å². The normalized spacial score (nSPS) is 11.3. The van der Waals surface area contributed by atoms with Gasteiger partial charge in [-0.3, -0.25) is 0 Å². The van der Waals surface area contributed by atoms with Crippen LogP contribution in [0.15, 0.2) is 212 Å². The van der Waals surface area contributed by atoms with Crippen LogP contribution in [0.25, 0.3) is 75.5 Å². The highest BCUT2D eigenvalue weighted by molar-refractivity contribution is 7.27. The Morgan fingerprint density at radius 3 is 1.43 bits per heavy atom. The summed E-state index contributed by atoms with van der Waals surface area (Å²) in [5.74, 6) is 0. The van der Waals surface area contributed by atoms with Crippen molar-refractivity contribution in [3.63, 3.8) is 0 Å². The maximum Gasteiger partial charge on any atom is 0.0640 e. The second kappa shape index (κ2) is 13.7. The Balaban J connectivity index is 1.09. The fourth-order valence-electron chi connectivity index (χ4n) is 7.82. The highest BCUT2D eigenvalue weighted by Crippen LogP contribution is 2.47. The van der Waals surface area contributed by atoms with Crippen LogP contribution in [0.1, 0.15) is 0 Å². The Labute approximate surface area is 319 Å². The van der Waals surface area contributed by atoms with Crippen molar-refractivity contribution < 1.29 is 0 Å². The van der Waals surface area contributed by atoms with Gasteiger partial charge in [0.2, 0.25) is 0 Å². The Hall–Kier alpha value is -6.74. The molecule has 0 aliphatic heterocycles. The van der Waals surface area contributed by atoms with Gasteiger partial charge in [-0.15, -0.1) is 11.3 Å². The highest BCUT2D eigenvalue weighted by atomic mass is 32.1. The summed E-state index contributed by atoms with van der Waals surface area (Å²) in [6, 6.07) is 77.0. The minimum Gasteiger partial charge on any atom is -0.309 e. The van der Waals surface area contributed by atoms with E-state index in [-0.39, 0.29) is 0 Å². The molecule has 254 valence electrons. The number of hydrogen-bond acceptors (Lipinski definition) is 2. The van der Waals surface area contributed by atoms with E-state index >= 15 is 0 Å². The summed E-state index contributed by atoms with van der Waals surface area (Å²) < 4.78 is 2.59. The lowest BCUT2D eigenvalue weighted by atomic mass is 9.95. The van der Waals surface area contributed by atoms with Gasteiger partial charge in [-0.2, -0.15) is 0 Å². The molecule has 0 radical (unpaired) electrons. The van der Waals surface area contributed by atoms with Gasteiger partial charge in [0.25, 0.3) is 0 Å². The van der Waals surface area contributed by atoms with Gasteiger partial charge in [0.15, 0.2) is 0 Å². The molecule has 0 aliphatic carbocycles. The molecule has 0 unspecified atom stereocenters. The van der Waals surface area contributed by atoms with Crippen LogP contribution in [0.2, 0.25) is 0 Å². The SMILES string of the molecule is c1ccc(-c2ccc(N(c3ccc(-c4ccc5c(-c6ccccc6)cccc5c4)cc3)c3cccc4c3sc3c(-c5ccccc5)cccc34)cc2)cc1. The van der Waals surface area contributed by atoms with Crippen molar-refractivity contribution in [1.29, 1.82) is 0 Å². The number of anilines is 3. The number of nitrogens with zero attached hydrogens (tertiary/aromatic N) is 1. The minimum absolute atomic E-state index is 1.12. The molecule has 0 atom stereocenters. The van der Waals surface area contributed by atoms with Crippen molar-refractivity contribution in [2.24, 2.45) is 0 Å². The smallest absolute Gasteiger partial charge is 0.0640 e. The van der Waals surface area contributed by atoms with Crippen molar-refractivity contribution in [3.05, 3.63) is 212 Å². The number of hydrogen-bond donors (Lipinski definition) is 0. The van der Waals surface area contributed by atoms with Crippen molar-refractivity contribution in [2.75, 3.05) is 4.90 Å². The van der Waals surface area contributed by atoms with Crippen molar-refractivity contribution in [3.8, 4) is 44.5 Å². The van der Waals surface area contributed by atoms with Crippen LogP contribution in [0.5, 0.6) is 0 Å². The van der Waals surface area contributed by atoms with Crippen molar-refractivity contribution in [2.45, 2.75) is 0 Å². The number of thiophene rings is 1. The van der Waals surface area contributed by atoms with Crippen LogP contribution in [-0.4, -0.2) is 0 Å². The predicted molar refractivity (Wildman–Crippen MR) is 233 cm³/mol. The quantitative estimate of drug-likeness (QED) is 0.160. The molecule has 2 heteroatoms. The van der Waals surface area contributed by atoms with Crippen molar-refractivity contribution in [1.82, 2.24) is 0 Å². The number of rotatable bonds is 7. The molecule has 0 fully saturated rings. The van der Waals surface area contributed by atoms with E-state index in [1.165, 1.54) is 81.1 Å². The molecule has 9 aromatic carbocycles. The summed E-state index contributed by atoms with van der Waals surface area (Å²) >= 11 is 1.89. The molecule has 0 saturated carbocycles. The lowest BCUT2D eigenvalue weighted by Gasteiger charge is -2.26. The molecular weight excluding hydrogens is 671 g/mol. The maximum absolute atomic E-state index is 2.42. The van der Waals surface area contributed by atoms with Crippen LogP contribution < -0.4 is 4.90 Å². The van der Waals surface area contributed by atoms with Gasteiger partial charge < -0.3 is 4.90 Å². The topological polar surface area (TPSA) is 3.24 Å². The Bertz CT molecular complexity index is 2890. The second-order valence-electron chi connectivity index (χ2n) is 13.7. The van der Waals surface area contributed by atoms with Gasteiger partial charge in [0, 0.05) is 26.8 Å². The molecule has 0 N–H and O–H groups in total. The largest absolute Gasteiger partial charge is 0.309 e. The first-order valence-corrected chi connectivity index (χ1v) is 19.2. The summed E-state index contributed by atoms with van der Waals surface area (Å²) in [5, 5.41) is 5.07. The Morgan fingerprint density at radius 2 is 0.778 bits per heavy atom. The van der Waals surface area contributed by atoms with Gasteiger partial charge in [-0.25, -0.2) is 0 Å². The van der Waals surface area contributed by atoms with Gasteiger partial charge in [-0.1, -0.05) is 176 Å². The monoisotopic (exact) mass is 705 g/mol. The Morgan fingerprint density at radius 1 is 0.296 bits per heavy atom. The molecule has 1 heterocycles. The summed E-state index contributed by atoms with van der Waals surface area (Å²) in [6.45, 7) is 0. The van der Waals surface area contributed by atoms with E-state index < -0.39 is 0 Å². The van der Waals surface area contributed by atoms with Gasteiger partial charge in [0.1, 0.15) is 0 Å². The molecule has 1 aromatic heterocycles. The first kappa shape index (κ1) is 32.0. The van der Waals surface area contributed by atoms with Crippen LogP contribution in [0, 0.1) is 0 Å². The summed E-state index contributed by atoms with van der Waals surface area (Å²) in [7, 11) is 0. The zero-order valence-electron chi connectivity index (χ0n) is 29.6. The molecular formula is C52H35NS. The molecule has 0 saturated heterocycles. The average molecular weight is 706 g/mol. The molecule has 0 bridgehead atoms. The van der Waals surface area contributed by atoms with Gasteiger partial charge >= 0.3 is 0 Å². The lowest BCUT2D eigenvalue weighted by molar-refractivity contribution is 1.30. The van der Waals surface area contributed by atoms with Crippen LogP contribution in [0.3, 0.4) is 0 Å². The molecule has 0 spiro atoms. The van der Waals surface area contributed by atoms with E-state index in [1.54, 1.807) is 0 Å². The van der Waals surface area contributed by atoms with Crippen LogP contribution >= 0.6 is 11.3 Å². The minimum atomic E-state index is 1.12. The van der Waals surface area contributed by atoms with Gasteiger partial charge in [0.05, 0.1) is 10.4 Å².